The van der Waals surface area contributed by atoms with Crippen molar-refractivity contribution in [3.05, 3.63) is 102 Å². The number of imide groups is 2. The molecule has 0 radical (unpaired) electrons. The molecule has 4 aliphatic heterocycles. The van der Waals surface area contributed by atoms with E-state index in [1.54, 1.807) is 36.5 Å². The largest absolute Gasteiger partial charge is 0.385 e. The average Bonchev–Trinajstić information content (AvgIpc) is 4.03. The highest BCUT2D eigenvalue weighted by molar-refractivity contribution is 6.23. The average molecular weight is 870 g/mol. The van der Waals surface area contributed by atoms with Crippen LogP contribution >= 0.6 is 0 Å². The van der Waals surface area contributed by atoms with Crippen LogP contribution in [0.4, 0.5) is 21.7 Å². The maximum Gasteiger partial charge on any atom is 0.262 e. The molecule has 9 rings (SSSR count). The third-order valence-corrected chi connectivity index (χ3v) is 12.6. The Kier molecular flexibility index (Phi) is 12.6. The van der Waals surface area contributed by atoms with Crippen molar-refractivity contribution in [3.63, 3.8) is 0 Å². The number of carbonyl (C=O) groups is 5. The number of aromatic nitrogens is 4. The van der Waals surface area contributed by atoms with Gasteiger partial charge in [-0.15, -0.1) is 5.10 Å². The SMILES string of the molecule is O=C(CN1CCN(c2cccc(-c3cnc4ccc(N5CCCC5c5cccc(F)c5)nn34)n2)CC1)NCCCCCCCNc1ccc2c(c1)C(=O)N(C1CCC(=O)NC1=O)C2=O. The molecule has 3 saturated heterocycles. The van der Waals surface area contributed by atoms with Gasteiger partial charge in [-0.25, -0.2) is 18.9 Å². The maximum atomic E-state index is 14.1. The number of hydrogen-bond donors (Lipinski definition) is 3. The number of piperazine rings is 1. The number of anilines is 3. The number of pyridine rings is 1. The number of unbranched alkanes of at least 4 members (excludes halogenated alkanes) is 4. The second-order valence-electron chi connectivity index (χ2n) is 16.9. The summed E-state index contributed by atoms with van der Waals surface area (Å²) < 4.78 is 15.9. The molecule has 64 heavy (non-hydrogen) atoms. The monoisotopic (exact) mass is 869 g/mol. The van der Waals surface area contributed by atoms with Crippen LogP contribution < -0.4 is 25.8 Å². The van der Waals surface area contributed by atoms with E-state index in [1.165, 1.54) is 6.07 Å². The summed E-state index contributed by atoms with van der Waals surface area (Å²) in [6.45, 7) is 5.52. The lowest BCUT2D eigenvalue weighted by Gasteiger charge is -2.35. The van der Waals surface area contributed by atoms with E-state index in [0.29, 0.717) is 19.6 Å². The molecule has 3 aromatic heterocycles. The van der Waals surface area contributed by atoms with Gasteiger partial charge in [-0.05, 0) is 92.3 Å². The van der Waals surface area contributed by atoms with Crippen molar-refractivity contribution in [1.82, 2.24) is 40.0 Å². The standard InChI is InChI=1S/C47H52FN11O5/c48-32-10-6-9-31(27-32)37-12-8-22-57(37)42-18-17-40-51-29-39(59(40)54-42)36-11-7-13-41(52-36)56-25-23-55(24-26-56)30-44(61)50-21-5-3-1-2-4-20-49-33-14-15-34-35(28-33)47(64)58(46(34)63)38-16-19-43(60)53-45(38)62/h6-7,9-11,13-15,17-18,27-29,37-38,49H,1-5,8,12,16,19-26,30H2,(H,50,61)(H,53,60,62). The van der Waals surface area contributed by atoms with E-state index in [0.717, 1.165) is 122 Å². The number of amides is 5. The van der Waals surface area contributed by atoms with Crippen LogP contribution in [0.5, 0.6) is 0 Å². The molecule has 5 amide bonds. The van der Waals surface area contributed by atoms with Crippen molar-refractivity contribution in [2.75, 3.05) is 67.5 Å². The number of nitrogens with zero attached hydrogens (tertiary/aromatic N) is 8. The van der Waals surface area contributed by atoms with E-state index in [9.17, 15) is 28.4 Å². The lowest BCUT2D eigenvalue weighted by molar-refractivity contribution is -0.136. The van der Waals surface area contributed by atoms with Gasteiger partial charge in [0.05, 0.1) is 35.6 Å². The molecule has 4 aliphatic rings. The zero-order valence-electron chi connectivity index (χ0n) is 35.7. The number of benzene rings is 2. The number of imidazole rings is 1. The van der Waals surface area contributed by atoms with Gasteiger partial charge in [-0.1, -0.05) is 37.5 Å². The summed E-state index contributed by atoms with van der Waals surface area (Å²) in [5, 5.41) is 13.6. The molecule has 2 aromatic carbocycles. The molecule has 0 aliphatic carbocycles. The normalized spacial score (nSPS) is 19.1. The van der Waals surface area contributed by atoms with Gasteiger partial charge in [-0.3, -0.25) is 39.1 Å². The molecule has 17 heteroatoms. The van der Waals surface area contributed by atoms with Gasteiger partial charge in [0.2, 0.25) is 17.7 Å². The van der Waals surface area contributed by atoms with Crippen molar-refractivity contribution >= 4 is 52.5 Å². The number of carbonyl (C=O) groups excluding carboxylic acids is 5. The van der Waals surface area contributed by atoms with E-state index >= 15 is 0 Å². The quantitative estimate of drug-likeness (QED) is 0.0898. The molecule has 3 N–H and O–H groups in total. The Balaban J connectivity index is 0.672. The molecule has 3 fully saturated rings. The molecular weight excluding hydrogens is 818 g/mol. The summed E-state index contributed by atoms with van der Waals surface area (Å²) in [6.07, 6.45) is 8.79. The van der Waals surface area contributed by atoms with E-state index in [2.05, 4.69) is 35.6 Å². The van der Waals surface area contributed by atoms with E-state index in [1.807, 2.05) is 40.9 Å². The van der Waals surface area contributed by atoms with Crippen molar-refractivity contribution in [3.8, 4) is 11.4 Å². The number of nitrogens with one attached hydrogen (secondary N) is 3. The van der Waals surface area contributed by atoms with Crippen LogP contribution in [0.2, 0.25) is 0 Å². The second-order valence-corrected chi connectivity index (χ2v) is 16.9. The molecule has 16 nitrogen and oxygen atoms in total. The van der Waals surface area contributed by atoms with Gasteiger partial charge < -0.3 is 20.4 Å². The number of hydrogen-bond acceptors (Lipinski definition) is 12. The highest BCUT2D eigenvalue weighted by Gasteiger charge is 2.44. The second kappa shape index (κ2) is 18.9. The van der Waals surface area contributed by atoms with Gasteiger partial charge in [0, 0.05) is 57.9 Å². The van der Waals surface area contributed by atoms with Crippen molar-refractivity contribution < 1.29 is 28.4 Å². The predicted octanol–water partition coefficient (Wildman–Crippen LogP) is 4.97. The van der Waals surface area contributed by atoms with Crippen molar-refractivity contribution in [2.45, 2.75) is 69.9 Å². The molecule has 0 saturated carbocycles. The third kappa shape index (κ3) is 9.16. The molecular formula is C47H52FN11O5. The first-order chi connectivity index (χ1) is 31.2. The van der Waals surface area contributed by atoms with Crippen LogP contribution in [0.25, 0.3) is 17.0 Å². The minimum absolute atomic E-state index is 0.0307. The Morgan fingerprint density at radius 1 is 0.781 bits per heavy atom. The van der Waals surface area contributed by atoms with Crippen LogP contribution in [0.15, 0.2) is 79.0 Å². The minimum atomic E-state index is -0.983. The highest BCUT2D eigenvalue weighted by atomic mass is 19.1. The molecule has 2 atom stereocenters. The Morgan fingerprint density at radius 3 is 2.41 bits per heavy atom. The van der Waals surface area contributed by atoms with Crippen LogP contribution in [0.1, 0.15) is 90.1 Å². The molecule has 7 heterocycles. The smallest absolute Gasteiger partial charge is 0.262 e. The first-order valence-corrected chi connectivity index (χ1v) is 22.4. The number of halogens is 1. The van der Waals surface area contributed by atoms with Gasteiger partial charge in [0.15, 0.2) is 5.65 Å². The van der Waals surface area contributed by atoms with Crippen molar-refractivity contribution in [2.24, 2.45) is 0 Å². The highest BCUT2D eigenvalue weighted by Crippen LogP contribution is 2.36. The third-order valence-electron chi connectivity index (χ3n) is 12.6. The first-order valence-electron chi connectivity index (χ1n) is 22.4. The zero-order chi connectivity index (χ0) is 44.2. The molecule has 0 bridgehead atoms. The maximum absolute atomic E-state index is 14.1. The summed E-state index contributed by atoms with van der Waals surface area (Å²) in [5.41, 5.74) is 4.49. The molecule has 0 spiro atoms. The number of rotatable bonds is 16. The fourth-order valence-electron chi connectivity index (χ4n) is 9.25. The minimum Gasteiger partial charge on any atom is -0.385 e. The van der Waals surface area contributed by atoms with Crippen molar-refractivity contribution in [1.29, 1.82) is 0 Å². The van der Waals surface area contributed by atoms with Crippen LogP contribution in [0, 0.1) is 5.82 Å². The van der Waals surface area contributed by atoms with E-state index in [-0.39, 0.29) is 41.7 Å². The van der Waals surface area contributed by atoms with E-state index < -0.39 is 29.7 Å². The van der Waals surface area contributed by atoms with Gasteiger partial charge in [-0.2, -0.15) is 0 Å². The Hall–Kier alpha value is -6.75. The summed E-state index contributed by atoms with van der Waals surface area (Å²) in [7, 11) is 0. The number of fused-ring (bicyclic) bond motifs is 2. The van der Waals surface area contributed by atoms with Gasteiger partial charge >= 0.3 is 0 Å². The van der Waals surface area contributed by atoms with Crippen LogP contribution in [-0.2, 0) is 14.4 Å². The summed E-state index contributed by atoms with van der Waals surface area (Å²) >= 11 is 0. The Labute approximate surface area is 370 Å². The molecule has 5 aromatic rings. The number of piperidine rings is 1. The fourth-order valence-corrected chi connectivity index (χ4v) is 9.25. The summed E-state index contributed by atoms with van der Waals surface area (Å²) in [5.74, 6) is -0.579. The molecule has 2 unspecified atom stereocenters. The topological polar surface area (TPSA) is 177 Å². The van der Waals surface area contributed by atoms with Gasteiger partial charge in [0.1, 0.15) is 29.2 Å². The summed E-state index contributed by atoms with van der Waals surface area (Å²) in [6, 6.07) is 20.9. The van der Waals surface area contributed by atoms with Crippen LogP contribution in [-0.4, -0.2) is 117 Å². The van der Waals surface area contributed by atoms with E-state index in [4.69, 9.17) is 10.1 Å². The zero-order valence-corrected chi connectivity index (χ0v) is 35.7. The first kappa shape index (κ1) is 42.5. The lowest BCUT2D eigenvalue weighted by Crippen LogP contribution is -2.54. The summed E-state index contributed by atoms with van der Waals surface area (Å²) in [4.78, 5) is 80.0. The Morgan fingerprint density at radius 2 is 1.58 bits per heavy atom. The predicted molar refractivity (Wildman–Crippen MR) is 238 cm³/mol. The van der Waals surface area contributed by atoms with Gasteiger partial charge in [0.25, 0.3) is 11.8 Å². The molecule has 332 valence electrons. The lowest BCUT2D eigenvalue weighted by atomic mass is 10.0. The Bertz CT molecular complexity index is 2580. The fraction of sp³-hybridized carbons (Fsp3) is 0.404. The van der Waals surface area contributed by atoms with Crippen LogP contribution in [0.3, 0.4) is 0 Å².